The molecular formula is C17H8F6N2OS2. The Bertz CT molecular complexity index is 966. The van der Waals surface area contributed by atoms with Crippen LogP contribution in [0.15, 0.2) is 41.3 Å². The van der Waals surface area contributed by atoms with Crippen molar-refractivity contribution in [3.63, 3.8) is 0 Å². The van der Waals surface area contributed by atoms with Gasteiger partial charge in [0, 0.05) is 5.56 Å². The second-order valence-electron chi connectivity index (χ2n) is 5.59. The van der Waals surface area contributed by atoms with E-state index in [0.717, 1.165) is 11.8 Å². The van der Waals surface area contributed by atoms with Gasteiger partial charge >= 0.3 is 12.4 Å². The monoisotopic (exact) mass is 434 g/mol. The number of thiocarbonyl (C=S) groups is 1. The van der Waals surface area contributed by atoms with E-state index in [0.29, 0.717) is 12.1 Å². The average molecular weight is 434 g/mol. The standard InChI is InChI=1S/C17H8F6N2OS2/c18-16(19,20)9-4-8(5-10(6-9)17(21,22)23)12-3-1-2-11(24-12)7-13-14(26)25-15(27)28-13/h1-7H,(H,25,26,27). The first-order chi connectivity index (χ1) is 12.9. The summed E-state index contributed by atoms with van der Waals surface area (Å²) in [6, 6.07) is 5.41. The molecule has 1 saturated heterocycles. The third kappa shape index (κ3) is 4.53. The van der Waals surface area contributed by atoms with Crippen LogP contribution in [0.1, 0.15) is 16.8 Å². The van der Waals surface area contributed by atoms with Crippen molar-refractivity contribution in [2.75, 3.05) is 0 Å². The lowest BCUT2D eigenvalue weighted by molar-refractivity contribution is -0.143. The van der Waals surface area contributed by atoms with Gasteiger partial charge in [-0.2, -0.15) is 26.3 Å². The van der Waals surface area contributed by atoms with Crippen LogP contribution in [-0.4, -0.2) is 15.2 Å². The first-order valence-corrected chi connectivity index (χ1v) is 8.68. The number of nitrogens with one attached hydrogen (secondary N) is 1. The van der Waals surface area contributed by atoms with Crippen LogP contribution in [0.5, 0.6) is 0 Å². The van der Waals surface area contributed by atoms with Crippen LogP contribution in [0.2, 0.25) is 0 Å². The molecule has 0 unspecified atom stereocenters. The van der Waals surface area contributed by atoms with Crippen LogP contribution in [0, 0.1) is 0 Å². The summed E-state index contributed by atoms with van der Waals surface area (Å²) in [6.45, 7) is 0. The quantitative estimate of drug-likeness (QED) is 0.397. The molecule has 0 aliphatic carbocycles. The highest BCUT2D eigenvalue weighted by molar-refractivity contribution is 8.26. The van der Waals surface area contributed by atoms with E-state index in [1.807, 2.05) is 0 Å². The predicted octanol–water partition coefficient (Wildman–Crippen LogP) is 5.28. The van der Waals surface area contributed by atoms with Crippen molar-refractivity contribution < 1.29 is 31.1 Å². The Balaban J connectivity index is 2.08. The molecule has 0 radical (unpaired) electrons. The fourth-order valence-electron chi connectivity index (χ4n) is 2.35. The molecule has 0 saturated carbocycles. The molecule has 1 aromatic carbocycles. The third-order valence-corrected chi connectivity index (χ3v) is 4.74. The Morgan fingerprint density at radius 3 is 2.11 bits per heavy atom. The summed E-state index contributed by atoms with van der Waals surface area (Å²) in [4.78, 5) is 16.0. The Hall–Kier alpha value is -2.40. The van der Waals surface area contributed by atoms with Crippen molar-refractivity contribution in [3.8, 4) is 11.3 Å². The molecule has 3 nitrogen and oxygen atoms in total. The van der Waals surface area contributed by atoms with Crippen LogP contribution in [-0.2, 0) is 17.1 Å². The molecule has 1 aromatic heterocycles. The molecule has 1 N–H and O–H groups in total. The van der Waals surface area contributed by atoms with E-state index in [-0.39, 0.29) is 32.2 Å². The molecular weight excluding hydrogens is 426 g/mol. The number of aromatic nitrogens is 1. The zero-order valence-corrected chi connectivity index (χ0v) is 15.1. The van der Waals surface area contributed by atoms with Gasteiger partial charge in [0.05, 0.1) is 27.4 Å². The van der Waals surface area contributed by atoms with Gasteiger partial charge in [-0.05, 0) is 36.4 Å². The van der Waals surface area contributed by atoms with Crippen molar-refractivity contribution in [1.29, 1.82) is 0 Å². The minimum absolute atomic E-state index is 0.0514. The number of thioether (sulfide) groups is 1. The summed E-state index contributed by atoms with van der Waals surface area (Å²) < 4.78 is 78.4. The zero-order chi connectivity index (χ0) is 20.7. The molecule has 1 fully saturated rings. The fraction of sp³-hybridized carbons (Fsp3) is 0.118. The van der Waals surface area contributed by atoms with Crippen LogP contribution in [0.25, 0.3) is 17.3 Å². The fourth-order valence-corrected chi connectivity index (χ4v) is 3.38. The van der Waals surface area contributed by atoms with Gasteiger partial charge in [-0.3, -0.25) is 4.79 Å². The van der Waals surface area contributed by atoms with Crippen LogP contribution in [0.3, 0.4) is 0 Å². The van der Waals surface area contributed by atoms with Gasteiger partial charge in [0.2, 0.25) is 0 Å². The second-order valence-corrected chi connectivity index (χ2v) is 7.31. The normalized spacial score (nSPS) is 16.6. The maximum atomic E-state index is 13.0. The molecule has 28 heavy (non-hydrogen) atoms. The molecule has 11 heteroatoms. The average Bonchev–Trinajstić information content (AvgIpc) is 2.90. The number of alkyl halides is 6. The van der Waals surface area contributed by atoms with Crippen molar-refractivity contribution in [3.05, 3.63) is 58.1 Å². The number of benzene rings is 1. The summed E-state index contributed by atoms with van der Waals surface area (Å²) >= 11 is 5.82. The minimum atomic E-state index is -4.95. The van der Waals surface area contributed by atoms with Gasteiger partial charge in [-0.1, -0.05) is 30.0 Å². The van der Waals surface area contributed by atoms with Gasteiger partial charge < -0.3 is 5.32 Å². The van der Waals surface area contributed by atoms with Crippen LogP contribution < -0.4 is 5.32 Å². The lowest BCUT2D eigenvalue weighted by atomic mass is 10.0. The maximum absolute atomic E-state index is 13.0. The first kappa shape index (κ1) is 20.3. The number of hydrogen-bond donors (Lipinski definition) is 1. The molecule has 0 spiro atoms. The lowest BCUT2D eigenvalue weighted by Gasteiger charge is -2.14. The topological polar surface area (TPSA) is 42.0 Å². The second kappa shape index (κ2) is 7.21. The zero-order valence-electron chi connectivity index (χ0n) is 13.5. The van der Waals surface area contributed by atoms with Gasteiger partial charge in [-0.25, -0.2) is 4.98 Å². The molecule has 146 valence electrons. The lowest BCUT2D eigenvalue weighted by Crippen LogP contribution is -2.17. The van der Waals surface area contributed by atoms with E-state index in [1.165, 1.54) is 24.3 Å². The number of hydrogen-bond acceptors (Lipinski definition) is 4. The number of pyridine rings is 1. The van der Waals surface area contributed by atoms with E-state index >= 15 is 0 Å². The molecule has 1 aliphatic heterocycles. The molecule has 0 atom stereocenters. The molecule has 1 aliphatic rings. The highest BCUT2D eigenvalue weighted by Gasteiger charge is 2.37. The number of amides is 1. The van der Waals surface area contributed by atoms with Crippen LogP contribution in [0.4, 0.5) is 26.3 Å². The molecule has 1 amide bonds. The van der Waals surface area contributed by atoms with Gasteiger partial charge in [0.1, 0.15) is 4.32 Å². The Morgan fingerprint density at radius 2 is 1.61 bits per heavy atom. The summed E-state index contributed by atoms with van der Waals surface area (Å²) in [6.07, 6.45) is -8.56. The molecule has 2 heterocycles. The number of halogens is 6. The van der Waals surface area contributed by atoms with Crippen molar-refractivity contribution >= 4 is 40.3 Å². The van der Waals surface area contributed by atoms with Crippen molar-refractivity contribution in [1.82, 2.24) is 10.3 Å². The third-order valence-electron chi connectivity index (χ3n) is 3.58. The Kier molecular flexibility index (Phi) is 5.24. The predicted molar refractivity (Wildman–Crippen MR) is 96.0 cm³/mol. The van der Waals surface area contributed by atoms with E-state index < -0.39 is 29.4 Å². The van der Waals surface area contributed by atoms with E-state index in [9.17, 15) is 31.1 Å². The summed E-state index contributed by atoms with van der Waals surface area (Å²) in [7, 11) is 0. The number of carbonyl (C=O) groups is 1. The highest BCUT2D eigenvalue weighted by atomic mass is 32.2. The highest BCUT2D eigenvalue weighted by Crippen LogP contribution is 2.38. The van der Waals surface area contributed by atoms with E-state index in [1.54, 1.807) is 0 Å². The number of nitrogens with zero attached hydrogens (tertiary/aromatic N) is 1. The smallest absolute Gasteiger partial charge is 0.307 e. The van der Waals surface area contributed by atoms with Crippen molar-refractivity contribution in [2.45, 2.75) is 12.4 Å². The number of rotatable bonds is 2. The Labute approximate surface area is 163 Å². The number of carbonyl (C=O) groups excluding carboxylic acids is 1. The van der Waals surface area contributed by atoms with Gasteiger partial charge in [0.25, 0.3) is 5.91 Å². The minimum Gasteiger partial charge on any atom is -0.307 e. The summed E-state index contributed by atoms with van der Waals surface area (Å²) in [5.41, 5.74) is -3.12. The largest absolute Gasteiger partial charge is 0.416 e. The molecule has 3 rings (SSSR count). The van der Waals surface area contributed by atoms with Crippen LogP contribution >= 0.6 is 24.0 Å². The van der Waals surface area contributed by atoms with Gasteiger partial charge in [0.15, 0.2) is 0 Å². The van der Waals surface area contributed by atoms with E-state index in [4.69, 9.17) is 12.2 Å². The summed E-state index contributed by atoms with van der Waals surface area (Å²) in [5, 5.41) is 2.39. The SMILES string of the molecule is O=C1NC(=S)SC1=Cc1cccc(-c2cc(C(F)(F)F)cc(C(F)(F)F)c2)n1. The van der Waals surface area contributed by atoms with Gasteiger partial charge in [-0.15, -0.1) is 0 Å². The van der Waals surface area contributed by atoms with Crippen molar-refractivity contribution in [2.24, 2.45) is 0 Å². The van der Waals surface area contributed by atoms with E-state index in [2.05, 4.69) is 10.3 Å². The first-order valence-electron chi connectivity index (χ1n) is 7.45. The molecule has 0 bridgehead atoms. The summed E-state index contributed by atoms with van der Waals surface area (Å²) in [5.74, 6) is -0.458. The molecule has 2 aromatic rings. The maximum Gasteiger partial charge on any atom is 0.416 e. The Morgan fingerprint density at radius 1 is 1.00 bits per heavy atom.